The first kappa shape index (κ1) is 16.8. The lowest BCUT2D eigenvalue weighted by molar-refractivity contribution is -0.139. The minimum absolute atomic E-state index is 0.0447. The second kappa shape index (κ2) is 7.71. The van der Waals surface area contributed by atoms with Gasteiger partial charge in [-0.2, -0.15) is 0 Å². The van der Waals surface area contributed by atoms with Crippen LogP contribution >= 0.6 is 11.8 Å². The van der Waals surface area contributed by atoms with E-state index in [2.05, 4.69) is 4.98 Å². The zero-order valence-electron chi connectivity index (χ0n) is 14.0. The van der Waals surface area contributed by atoms with Crippen molar-refractivity contribution in [1.82, 2.24) is 9.88 Å². The van der Waals surface area contributed by atoms with Gasteiger partial charge in [-0.25, -0.2) is 0 Å². The Morgan fingerprint density at radius 1 is 1.25 bits per heavy atom. The van der Waals surface area contributed by atoms with Crippen LogP contribution in [0.15, 0.2) is 53.7 Å². The van der Waals surface area contributed by atoms with Crippen molar-refractivity contribution in [2.24, 2.45) is 0 Å². The summed E-state index contributed by atoms with van der Waals surface area (Å²) in [7, 11) is 0. The fourth-order valence-corrected chi connectivity index (χ4v) is 3.01. The minimum atomic E-state index is -0.493. The molecule has 126 valence electrons. The van der Waals surface area contributed by atoms with Crippen molar-refractivity contribution < 1.29 is 9.53 Å². The van der Waals surface area contributed by atoms with Crippen LogP contribution < -0.4 is 4.74 Å². The molecule has 1 unspecified atom stereocenters. The lowest BCUT2D eigenvalue weighted by Crippen LogP contribution is -2.41. The van der Waals surface area contributed by atoms with Crippen molar-refractivity contribution in [2.45, 2.75) is 43.4 Å². The van der Waals surface area contributed by atoms with E-state index in [1.807, 2.05) is 54.5 Å². The number of pyridine rings is 1. The number of carbonyl (C=O) groups excluding carboxylic acids is 1. The lowest BCUT2D eigenvalue weighted by atomic mass is 10.2. The van der Waals surface area contributed by atoms with E-state index in [9.17, 15) is 4.79 Å². The second-order valence-corrected chi connectivity index (χ2v) is 6.87. The first-order valence-corrected chi connectivity index (χ1v) is 9.40. The number of ether oxygens (including phenoxy) is 1. The average molecular weight is 342 g/mol. The largest absolute Gasteiger partial charge is 0.481 e. The monoisotopic (exact) mass is 342 g/mol. The molecule has 1 aliphatic carbocycles. The van der Waals surface area contributed by atoms with Crippen molar-refractivity contribution >= 4 is 17.7 Å². The Labute approximate surface area is 147 Å². The molecule has 1 saturated carbocycles. The fraction of sp³-hybridized carbons (Fsp3) is 0.368. The molecule has 1 aromatic carbocycles. The van der Waals surface area contributed by atoms with Gasteiger partial charge in [0.05, 0.1) is 0 Å². The number of hydrogen-bond donors (Lipinski definition) is 0. The molecule has 1 amide bonds. The fourth-order valence-electron chi connectivity index (χ4n) is 2.60. The van der Waals surface area contributed by atoms with Crippen LogP contribution in [0.4, 0.5) is 0 Å². The third-order valence-corrected chi connectivity index (χ3v) is 4.84. The molecule has 1 heterocycles. The molecule has 4 nitrogen and oxygen atoms in total. The maximum absolute atomic E-state index is 12.8. The highest BCUT2D eigenvalue weighted by atomic mass is 32.2. The summed E-state index contributed by atoms with van der Waals surface area (Å²) < 4.78 is 5.86. The molecule has 1 fully saturated rings. The van der Waals surface area contributed by atoms with E-state index in [0.717, 1.165) is 24.2 Å². The molecule has 0 bridgehead atoms. The smallest absolute Gasteiger partial charge is 0.263 e. The summed E-state index contributed by atoms with van der Waals surface area (Å²) in [5.41, 5.74) is 1.10. The number of amides is 1. The van der Waals surface area contributed by atoms with Crippen LogP contribution in [0.25, 0.3) is 0 Å². The van der Waals surface area contributed by atoms with Crippen molar-refractivity contribution in [2.75, 3.05) is 6.26 Å². The van der Waals surface area contributed by atoms with E-state index in [-0.39, 0.29) is 5.91 Å². The van der Waals surface area contributed by atoms with Gasteiger partial charge in [-0.05, 0) is 68.0 Å². The number of thioether (sulfide) groups is 1. The Kier molecular flexibility index (Phi) is 5.41. The molecular formula is C19H22N2O2S. The third kappa shape index (κ3) is 4.29. The number of nitrogens with zero attached hydrogens (tertiary/aromatic N) is 2. The maximum Gasteiger partial charge on any atom is 0.263 e. The molecule has 0 radical (unpaired) electrons. The van der Waals surface area contributed by atoms with Gasteiger partial charge >= 0.3 is 0 Å². The highest BCUT2D eigenvalue weighted by molar-refractivity contribution is 7.98. The number of rotatable bonds is 7. The van der Waals surface area contributed by atoms with Crippen LogP contribution in [-0.4, -0.2) is 34.2 Å². The SMILES string of the molecule is CSc1ccc(OC(C)C(=O)N(Cc2ccncc2)C2CC2)cc1. The van der Waals surface area contributed by atoms with Gasteiger partial charge in [0, 0.05) is 29.9 Å². The molecule has 1 aliphatic rings. The summed E-state index contributed by atoms with van der Waals surface area (Å²) in [5, 5.41) is 0. The third-order valence-electron chi connectivity index (χ3n) is 4.09. The summed E-state index contributed by atoms with van der Waals surface area (Å²) >= 11 is 1.69. The normalized spacial score (nSPS) is 14.9. The Morgan fingerprint density at radius 3 is 2.50 bits per heavy atom. The molecule has 5 heteroatoms. The average Bonchev–Trinajstić information content (AvgIpc) is 3.45. The molecule has 1 atom stereocenters. The van der Waals surface area contributed by atoms with Crippen LogP contribution in [0, 0.1) is 0 Å². The molecule has 0 saturated heterocycles. The van der Waals surface area contributed by atoms with Gasteiger partial charge in [0.2, 0.25) is 0 Å². The zero-order chi connectivity index (χ0) is 16.9. The summed E-state index contributed by atoms with van der Waals surface area (Å²) in [4.78, 5) is 20.0. The highest BCUT2D eigenvalue weighted by Gasteiger charge is 2.35. The molecule has 2 aromatic rings. The zero-order valence-corrected chi connectivity index (χ0v) is 14.8. The van der Waals surface area contributed by atoms with Gasteiger partial charge in [0.25, 0.3) is 5.91 Å². The summed E-state index contributed by atoms with van der Waals surface area (Å²) in [6, 6.07) is 12.1. The Morgan fingerprint density at radius 2 is 1.92 bits per heavy atom. The van der Waals surface area contributed by atoms with Gasteiger partial charge in [-0.3, -0.25) is 9.78 Å². The Hall–Kier alpha value is -2.01. The van der Waals surface area contributed by atoms with Crippen LogP contribution in [0.5, 0.6) is 5.75 Å². The van der Waals surface area contributed by atoms with Gasteiger partial charge in [0.15, 0.2) is 6.10 Å². The van der Waals surface area contributed by atoms with Gasteiger partial charge in [-0.1, -0.05) is 0 Å². The van der Waals surface area contributed by atoms with E-state index in [1.54, 1.807) is 24.2 Å². The number of carbonyl (C=O) groups is 1. The number of aromatic nitrogens is 1. The van der Waals surface area contributed by atoms with Gasteiger partial charge < -0.3 is 9.64 Å². The number of benzene rings is 1. The summed E-state index contributed by atoms with van der Waals surface area (Å²) in [6.07, 6.45) is 7.22. The first-order valence-electron chi connectivity index (χ1n) is 8.17. The molecular weight excluding hydrogens is 320 g/mol. The number of hydrogen-bond acceptors (Lipinski definition) is 4. The Balaban J connectivity index is 1.65. The quantitative estimate of drug-likeness (QED) is 0.719. The topological polar surface area (TPSA) is 42.4 Å². The van der Waals surface area contributed by atoms with Crippen LogP contribution in [-0.2, 0) is 11.3 Å². The lowest BCUT2D eigenvalue weighted by Gasteiger charge is -2.26. The van der Waals surface area contributed by atoms with Gasteiger partial charge in [-0.15, -0.1) is 11.8 Å². The van der Waals surface area contributed by atoms with Crippen molar-refractivity contribution in [3.63, 3.8) is 0 Å². The van der Waals surface area contributed by atoms with E-state index >= 15 is 0 Å². The van der Waals surface area contributed by atoms with Crippen LogP contribution in [0.2, 0.25) is 0 Å². The van der Waals surface area contributed by atoms with E-state index < -0.39 is 6.10 Å². The maximum atomic E-state index is 12.8. The van der Waals surface area contributed by atoms with Crippen molar-refractivity contribution in [1.29, 1.82) is 0 Å². The van der Waals surface area contributed by atoms with Crippen molar-refractivity contribution in [3.8, 4) is 5.75 Å². The predicted molar refractivity (Wildman–Crippen MR) is 96.1 cm³/mol. The van der Waals surface area contributed by atoms with Crippen molar-refractivity contribution in [3.05, 3.63) is 54.4 Å². The predicted octanol–water partition coefficient (Wildman–Crippen LogP) is 3.76. The molecule has 1 aromatic heterocycles. The van der Waals surface area contributed by atoms with Gasteiger partial charge in [0.1, 0.15) is 5.75 Å². The van der Waals surface area contributed by atoms with Crippen LogP contribution in [0.3, 0.4) is 0 Å². The summed E-state index contributed by atoms with van der Waals surface area (Å²) in [6.45, 7) is 2.44. The summed E-state index contributed by atoms with van der Waals surface area (Å²) in [5.74, 6) is 0.775. The first-order chi connectivity index (χ1) is 11.7. The molecule has 0 spiro atoms. The molecule has 0 aliphatic heterocycles. The van der Waals surface area contributed by atoms with E-state index in [4.69, 9.17) is 4.74 Å². The standard InChI is InChI=1S/C19H22N2O2S/c1-14(23-17-5-7-18(24-2)8-6-17)19(22)21(16-3-4-16)13-15-9-11-20-12-10-15/h5-12,14,16H,3-4,13H2,1-2H3. The van der Waals surface area contributed by atoms with E-state index in [1.165, 1.54) is 4.90 Å². The highest BCUT2D eigenvalue weighted by Crippen LogP contribution is 2.29. The second-order valence-electron chi connectivity index (χ2n) is 5.99. The Bertz CT molecular complexity index is 672. The molecule has 24 heavy (non-hydrogen) atoms. The molecule has 3 rings (SSSR count). The molecule has 0 N–H and O–H groups in total. The van der Waals surface area contributed by atoms with E-state index in [0.29, 0.717) is 12.6 Å². The minimum Gasteiger partial charge on any atom is -0.481 e. The van der Waals surface area contributed by atoms with Crippen LogP contribution in [0.1, 0.15) is 25.3 Å².